The molecule has 0 spiro atoms. The van der Waals surface area contributed by atoms with Crippen LogP contribution in [0, 0.1) is 5.92 Å². The van der Waals surface area contributed by atoms with E-state index in [1.807, 2.05) is 0 Å². The summed E-state index contributed by atoms with van der Waals surface area (Å²) in [6.45, 7) is 2.70. The van der Waals surface area contributed by atoms with Crippen molar-refractivity contribution in [2.45, 2.75) is 19.4 Å². The van der Waals surface area contributed by atoms with Gasteiger partial charge in [0.1, 0.15) is 12.7 Å². The molecule has 7 heteroatoms. The summed E-state index contributed by atoms with van der Waals surface area (Å²) in [7, 11) is 0. The van der Waals surface area contributed by atoms with Gasteiger partial charge in [-0.3, -0.25) is 4.79 Å². The van der Waals surface area contributed by atoms with Crippen LogP contribution in [0.25, 0.3) is 5.82 Å². The lowest BCUT2D eigenvalue weighted by molar-refractivity contribution is 0.314. The van der Waals surface area contributed by atoms with Crippen molar-refractivity contribution in [1.82, 2.24) is 29.9 Å². The lowest BCUT2D eigenvalue weighted by atomic mass is 9.98. The molecule has 7 nitrogen and oxygen atoms in total. The van der Waals surface area contributed by atoms with E-state index in [4.69, 9.17) is 0 Å². The van der Waals surface area contributed by atoms with E-state index in [2.05, 4.69) is 20.5 Å². The predicted molar refractivity (Wildman–Crippen MR) is 69.0 cm³/mol. The second-order valence-electron chi connectivity index (χ2n) is 4.75. The van der Waals surface area contributed by atoms with Gasteiger partial charge in [0.25, 0.3) is 5.56 Å². The highest BCUT2D eigenvalue weighted by molar-refractivity contribution is 5.16. The van der Waals surface area contributed by atoms with E-state index < -0.39 is 0 Å². The molecule has 0 saturated carbocycles. The molecule has 1 fully saturated rings. The summed E-state index contributed by atoms with van der Waals surface area (Å²) in [5, 5.41) is 11.7. The average molecular weight is 260 g/mol. The third-order valence-corrected chi connectivity index (χ3v) is 3.40. The van der Waals surface area contributed by atoms with Crippen LogP contribution in [0.2, 0.25) is 0 Å². The Morgan fingerprint density at radius 2 is 2.16 bits per heavy atom. The summed E-state index contributed by atoms with van der Waals surface area (Å²) in [6, 6.07) is 3.20. The Hall–Kier alpha value is -2.02. The van der Waals surface area contributed by atoms with E-state index in [1.54, 1.807) is 17.1 Å². The molecule has 0 bridgehead atoms. The smallest absolute Gasteiger partial charge is 0.266 e. The summed E-state index contributed by atoms with van der Waals surface area (Å²) in [5.74, 6) is 1.13. The van der Waals surface area contributed by atoms with Gasteiger partial charge in [-0.1, -0.05) is 0 Å². The van der Waals surface area contributed by atoms with E-state index in [9.17, 15) is 4.79 Å². The van der Waals surface area contributed by atoms with Gasteiger partial charge in [0.05, 0.1) is 0 Å². The van der Waals surface area contributed by atoms with Crippen LogP contribution in [0.3, 0.4) is 0 Å². The van der Waals surface area contributed by atoms with Crippen molar-refractivity contribution in [3.63, 3.8) is 0 Å². The van der Waals surface area contributed by atoms with Gasteiger partial charge in [0.15, 0.2) is 5.82 Å². The molecular weight excluding hydrogens is 244 g/mol. The predicted octanol–water partition coefficient (Wildman–Crippen LogP) is -0.176. The number of hydrogen-bond donors (Lipinski definition) is 1. The molecule has 0 aromatic carbocycles. The second-order valence-corrected chi connectivity index (χ2v) is 4.75. The van der Waals surface area contributed by atoms with Gasteiger partial charge < -0.3 is 5.32 Å². The molecular formula is C12H16N6O. The quantitative estimate of drug-likeness (QED) is 0.828. The minimum atomic E-state index is -0.0672. The average Bonchev–Trinajstić information content (AvgIpc) is 2.96. The Morgan fingerprint density at radius 3 is 2.89 bits per heavy atom. The standard InChI is InChI=1S/C12H16N6O/c19-12-2-1-11(18-9-14-8-15-18)16-17(12)7-10-3-5-13-6-4-10/h1-2,8-10,13H,3-7H2. The molecule has 1 N–H and O–H groups in total. The Balaban J connectivity index is 1.84. The summed E-state index contributed by atoms with van der Waals surface area (Å²) in [4.78, 5) is 15.7. The van der Waals surface area contributed by atoms with Crippen LogP contribution >= 0.6 is 0 Å². The van der Waals surface area contributed by atoms with Crippen LogP contribution in [0.4, 0.5) is 0 Å². The monoisotopic (exact) mass is 260 g/mol. The largest absolute Gasteiger partial charge is 0.317 e. The van der Waals surface area contributed by atoms with Gasteiger partial charge in [-0.25, -0.2) is 14.3 Å². The third-order valence-electron chi connectivity index (χ3n) is 3.40. The number of nitrogens with zero attached hydrogens (tertiary/aromatic N) is 5. The SMILES string of the molecule is O=c1ccc(-n2cncn2)nn1CC1CCNCC1. The van der Waals surface area contributed by atoms with Crippen LogP contribution in [0.1, 0.15) is 12.8 Å². The number of aromatic nitrogens is 5. The molecule has 100 valence electrons. The van der Waals surface area contributed by atoms with E-state index in [1.165, 1.54) is 17.1 Å². The van der Waals surface area contributed by atoms with E-state index in [-0.39, 0.29) is 5.56 Å². The first kappa shape index (κ1) is 12.0. The lowest BCUT2D eigenvalue weighted by Gasteiger charge is -2.22. The number of rotatable bonds is 3. The molecule has 2 aromatic heterocycles. The fourth-order valence-corrected chi connectivity index (χ4v) is 2.33. The Bertz CT molecular complexity index is 585. The van der Waals surface area contributed by atoms with Crippen molar-refractivity contribution in [1.29, 1.82) is 0 Å². The first-order chi connectivity index (χ1) is 9.33. The van der Waals surface area contributed by atoms with Gasteiger partial charge in [-0.05, 0) is 37.9 Å². The fraction of sp³-hybridized carbons (Fsp3) is 0.500. The van der Waals surface area contributed by atoms with E-state index in [0.29, 0.717) is 18.3 Å². The van der Waals surface area contributed by atoms with Crippen molar-refractivity contribution in [3.8, 4) is 5.82 Å². The van der Waals surface area contributed by atoms with Crippen molar-refractivity contribution >= 4 is 0 Å². The number of piperidine rings is 1. The molecule has 1 aliphatic heterocycles. The highest BCUT2D eigenvalue weighted by atomic mass is 16.1. The van der Waals surface area contributed by atoms with E-state index >= 15 is 0 Å². The summed E-state index contributed by atoms with van der Waals surface area (Å²) in [5.41, 5.74) is -0.0672. The maximum Gasteiger partial charge on any atom is 0.266 e. The minimum absolute atomic E-state index is 0.0672. The van der Waals surface area contributed by atoms with Crippen LogP contribution in [0.15, 0.2) is 29.6 Å². The van der Waals surface area contributed by atoms with Gasteiger partial charge in [0, 0.05) is 12.6 Å². The summed E-state index contributed by atoms with van der Waals surface area (Å²) in [6.07, 6.45) is 5.19. The molecule has 19 heavy (non-hydrogen) atoms. The van der Waals surface area contributed by atoms with Gasteiger partial charge in [-0.15, -0.1) is 5.10 Å². The lowest BCUT2D eigenvalue weighted by Crippen LogP contribution is -2.33. The van der Waals surface area contributed by atoms with Gasteiger partial charge >= 0.3 is 0 Å². The molecule has 1 aliphatic rings. The fourth-order valence-electron chi connectivity index (χ4n) is 2.33. The van der Waals surface area contributed by atoms with Crippen molar-refractivity contribution in [2.24, 2.45) is 5.92 Å². The Morgan fingerprint density at radius 1 is 1.32 bits per heavy atom. The van der Waals surface area contributed by atoms with Crippen molar-refractivity contribution < 1.29 is 0 Å². The molecule has 2 aromatic rings. The zero-order valence-electron chi connectivity index (χ0n) is 10.6. The normalized spacial score (nSPS) is 16.6. The zero-order chi connectivity index (χ0) is 13.1. The zero-order valence-corrected chi connectivity index (χ0v) is 10.6. The number of hydrogen-bond acceptors (Lipinski definition) is 5. The minimum Gasteiger partial charge on any atom is -0.317 e. The van der Waals surface area contributed by atoms with Gasteiger partial charge in [-0.2, -0.15) is 5.10 Å². The number of nitrogens with one attached hydrogen (secondary N) is 1. The van der Waals surface area contributed by atoms with Crippen molar-refractivity contribution in [2.75, 3.05) is 13.1 Å². The molecule has 3 heterocycles. The first-order valence-corrected chi connectivity index (χ1v) is 6.47. The molecule has 3 rings (SSSR count). The summed E-state index contributed by atoms with van der Waals surface area (Å²) < 4.78 is 3.09. The molecule has 0 unspecified atom stereocenters. The van der Waals surface area contributed by atoms with E-state index in [0.717, 1.165) is 25.9 Å². The maximum absolute atomic E-state index is 11.9. The second kappa shape index (κ2) is 5.31. The molecule has 1 saturated heterocycles. The molecule has 0 radical (unpaired) electrons. The molecule has 0 atom stereocenters. The molecule has 0 aliphatic carbocycles. The first-order valence-electron chi connectivity index (χ1n) is 6.47. The summed E-state index contributed by atoms with van der Waals surface area (Å²) >= 11 is 0. The maximum atomic E-state index is 11.9. The topological polar surface area (TPSA) is 77.6 Å². The molecule has 0 amide bonds. The van der Waals surface area contributed by atoms with Crippen molar-refractivity contribution in [3.05, 3.63) is 35.1 Å². The Labute approximate surface area is 110 Å². The van der Waals surface area contributed by atoms with Crippen LogP contribution in [-0.2, 0) is 6.54 Å². The highest BCUT2D eigenvalue weighted by Gasteiger charge is 2.15. The Kier molecular flexibility index (Phi) is 3.37. The highest BCUT2D eigenvalue weighted by Crippen LogP contribution is 2.12. The van der Waals surface area contributed by atoms with Crippen LogP contribution in [-0.4, -0.2) is 37.6 Å². The third kappa shape index (κ3) is 2.70. The van der Waals surface area contributed by atoms with Gasteiger partial charge in [0.2, 0.25) is 0 Å². The van der Waals surface area contributed by atoms with Crippen LogP contribution < -0.4 is 10.9 Å². The van der Waals surface area contributed by atoms with Crippen LogP contribution in [0.5, 0.6) is 0 Å².